The summed E-state index contributed by atoms with van der Waals surface area (Å²) < 4.78 is 0. The highest BCUT2D eigenvalue weighted by Gasteiger charge is 2.62. The molecule has 1 saturated carbocycles. The Labute approximate surface area is 101 Å². The Morgan fingerprint density at radius 1 is 1.24 bits per heavy atom. The summed E-state index contributed by atoms with van der Waals surface area (Å²) in [6.07, 6.45) is 3.00. The standard InChI is InChI=1S/C12H18N2O3/c1-3-8(4-2)7-14-10(16)12(5-6-12)9(15)13-11(14)17/h8H,3-7H2,1-2H3,(H,13,15,17). The summed E-state index contributed by atoms with van der Waals surface area (Å²) in [5.74, 6) is -0.389. The minimum Gasteiger partial charge on any atom is -0.277 e. The smallest absolute Gasteiger partial charge is 0.277 e. The number of imide groups is 2. The molecule has 5 nitrogen and oxygen atoms in total. The van der Waals surface area contributed by atoms with Gasteiger partial charge in [-0.05, 0) is 18.8 Å². The Morgan fingerprint density at radius 3 is 2.29 bits per heavy atom. The molecule has 0 unspecified atom stereocenters. The van der Waals surface area contributed by atoms with Crippen molar-refractivity contribution in [2.45, 2.75) is 39.5 Å². The minimum atomic E-state index is -0.903. The Kier molecular flexibility index (Phi) is 2.93. The molecule has 2 rings (SSSR count). The van der Waals surface area contributed by atoms with Gasteiger partial charge in [0.15, 0.2) is 0 Å². The fraction of sp³-hybridized carbons (Fsp3) is 0.750. The van der Waals surface area contributed by atoms with E-state index in [1.54, 1.807) is 0 Å². The van der Waals surface area contributed by atoms with Crippen LogP contribution < -0.4 is 5.32 Å². The third kappa shape index (κ3) is 1.83. The van der Waals surface area contributed by atoms with Gasteiger partial charge in [0.25, 0.3) is 0 Å². The molecule has 17 heavy (non-hydrogen) atoms. The van der Waals surface area contributed by atoms with Gasteiger partial charge in [-0.3, -0.25) is 19.8 Å². The molecule has 94 valence electrons. The van der Waals surface area contributed by atoms with E-state index in [2.05, 4.69) is 5.32 Å². The van der Waals surface area contributed by atoms with Crippen molar-refractivity contribution in [3.05, 3.63) is 0 Å². The van der Waals surface area contributed by atoms with Crippen LogP contribution in [0.4, 0.5) is 4.79 Å². The maximum Gasteiger partial charge on any atom is 0.330 e. The SMILES string of the molecule is CCC(CC)CN1C(=O)NC(=O)C2(CC2)C1=O. The van der Waals surface area contributed by atoms with E-state index in [4.69, 9.17) is 0 Å². The van der Waals surface area contributed by atoms with Gasteiger partial charge in [0.2, 0.25) is 11.8 Å². The molecule has 1 aliphatic heterocycles. The summed E-state index contributed by atoms with van der Waals surface area (Å²) in [6, 6.07) is -0.551. The summed E-state index contributed by atoms with van der Waals surface area (Å²) in [6.45, 7) is 4.50. The van der Waals surface area contributed by atoms with Gasteiger partial charge in [0.1, 0.15) is 5.41 Å². The molecule has 1 saturated heterocycles. The average molecular weight is 238 g/mol. The molecule has 1 spiro atoms. The Balaban J connectivity index is 2.13. The third-order valence-electron chi connectivity index (χ3n) is 3.90. The van der Waals surface area contributed by atoms with Crippen LogP contribution in [0.3, 0.4) is 0 Å². The molecule has 1 N–H and O–H groups in total. The average Bonchev–Trinajstić information content (AvgIpc) is 3.09. The zero-order chi connectivity index (χ0) is 12.6. The van der Waals surface area contributed by atoms with Crippen LogP contribution in [0, 0.1) is 11.3 Å². The summed E-state index contributed by atoms with van der Waals surface area (Å²) in [5, 5.41) is 2.29. The molecule has 1 aliphatic carbocycles. The van der Waals surface area contributed by atoms with Crippen molar-refractivity contribution < 1.29 is 14.4 Å². The first-order valence-corrected chi connectivity index (χ1v) is 6.22. The summed E-state index contributed by atoms with van der Waals surface area (Å²) in [4.78, 5) is 36.6. The van der Waals surface area contributed by atoms with Crippen LogP contribution in [-0.2, 0) is 9.59 Å². The lowest BCUT2D eigenvalue weighted by Gasteiger charge is -2.32. The van der Waals surface area contributed by atoms with Crippen molar-refractivity contribution in [1.29, 1.82) is 0 Å². The highest BCUT2D eigenvalue weighted by molar-refractivity contribution is 6.20. The van der Waals surface area contributed by atoms with Crippen molar-refractivity contribution in [1.82, 2.24) is 10.2 Å². The molecule has 0 atom stereocenters. The molecular formula is C12H18N2O3. The molecule has 0 aromatic carbocycles. The second kappa shape index (κ2) is 4.13. The molecule has 0 radical (unpaired) electrons. The summed E-state index contributed by atoms with van der Waals surface area (Å²) >= 11 is 0. The number of barbiturate groups is 1. The van der Waals surface area contributed by atoms with Crippen LogP contribution >= 0.6 is 0 Å². The lowest BCUT2D eigenvalue weighted by atomic mass is 9.98. The first-order chi connectivity index (χ1) is 8.05. The van der Waals surface area contributed by atoms with E-state index in [0.717, 1.165) is 12.8 Å². The van der Waals surface area contributed by atoms with Crippen molar-refractivity contribution >= 4 is 17.8 Å². The van der Waals surface area contributed by atoms with Crippen LogP contribution in [0.5, 0.6) is 0 Å². The van der Waals surface area contributed by atoms with Gasteiger partial charge in [0, 0.05) is 6.54 Å². The normalized spacial score (nSPS) is 22.3. The molecular weight excluding hydrogens is 220 g/mol. The number of rotatable bonds is 4. The van der Waals surface area contributed by atoms with E-state index in [1.807, 2.05) is 13.8 Å². The van der Waals surface area contributed by atoms with Gasteiger partial charge in [0.05, 0.1) is 0 Å². The van der Waals surface area contributed by atoms with Crippen LogP contribution in [0.1, 0.15) is 39.5 Å². The molecule has 4 amide bonds. The molecule has 2 aliphatic rings. The fourth-order valence-corrected chi connectivity index (χ4v) is 2.27. The van der Waals surface area contributed by atoms with E-state index < -0.39 is 17.4 Å². The zero-order valence-corrected chi connectivity index (χ0v) is 10.3. The number of urea groups is 1. The van der Waals surface area contributed by atoms with Crippen molar-refractivity contribution in [3.63, 3.8) is 0 Å². The second-order valence-corrected chi connectivity index (χ2v) is 4.94. The number of amides is 4. The Morgan fingerprint density at radius 2 is 1.82 bits per heavy atom. The number of nitrogens with one attached hydrogen (secondary N) is 1. The van der Waals surface area contributed by atoms with Crippen LogP contribution in [0.2, 0.25) is 0 Å². The molecule has 5 heteroatoms. The highest BCUT2D eigenvalue weighted by atomic mass is 16.2. The maximum absolute atomic E-state index is 12.1. The van der Waals surface area contributed by atoms with Crippen LogP contribution in [0.15, 0.2) is 0 Å². The van der Waals surface area contributed by atoms with E-state index >= 15 is 0 Å². The Hall–Kier alpha value is -1.39. The van der Waals surface area contributed by atoms with Crippen LogP contribution in [-0.4, -0.2) is 29.3 Å². The monoisotopic (exact) mass is 238 g/mol. The quantitative estimate of drug-likeness (QED) is 0.750. The van der Waals surface area contributed by atoms with E-state index in [-0.39, 0.29) is 5.91 Å². The van der Waals surface area contributed by atoms with Gasteiger partial charge in [-0.25, -0.2) is 4.79 Å². The number of nitrogens with zero attached hydrogens (tertiary/aromatic N) is 1. The van der Waals surface area contributed by atoms with Crippen molar-refractivity contribution in [2.24, 2.45) is 11.3 Å². The maximum atomic E-state index is 12.1. The fourth-order valence-electron chi connectivity index (χ4n) is 2.27. The first-order valence-electron chi connectivity index (χ1n) is 6.22. The van der Waals surface area contributed by atoms with E-state index in [9.17, 15) is 14.4 Å². The van der Waals surface area contributed by atoms with Crippen molar-refractivity contribution in [2.75, 3.05) is 6.54 Å². The van der Waals surface area contributed by atoms with Gasteiger partial charge >= 0.3 is 6.03 Å². The molecule has 2 fully saturated rings. The summed E-state index contributed by atoms with van der Waals surface area (Å²) in [7, 11) is 0. The second-order valence-electron chi connectivity index (χ2n) is 4.94. The topological polar surface area (TPSA) is 66.5 Å². The van der Waals surface area contributed by atoms with Gasteiger partial charge < -0.3 is 0 Å². The number of carbonyl (C=O) groups excluding carboxylic acids is 3. The van der Waals surface area contributed by atoms with Gasteiger partial charge in [-0.1, -0.05) is 26.7 Å². The minimum absolute atomic E-state index is 0.293. The van der Waals surface area contributed by atoms with E-state index in [0.29, 0.717) is 25.3 Å². The zero-order valence-electron chi connectivity index (χ0n) is 10.3. The Bertz CT molecular complexity index is 370. The lowest BCUT2D eigenvalue weighted by molar-refractivity contribution is -0.145. The summed E-state index contributed by atoms with van der Waals surface area (Å²) in [5.41, 5.74) is -0.903. The molecule has 0 bridgehead atoms. The first kappa shape index (κ1) is 12.1. The largest absolute Gasteiger partial charge is 0.330 e. The predicted molar refractivity (Wildman–Crippen MR) is 61.0 cm³/mol. The molecule has 0 aromatic rings. The van der Waals surface area contributed by atoms with E-state index in [1.165, 1.54) is 4.90 Å². The molecule has 1 heterocycles. The number of hydrogen-bond acceptors (Lipinski definition) is 3. The lowest BCUT2D eigenvalue weighted by Crippen LogP contribution is -2.59. The third-order valence-corrected chi connectivity index (χ3v) is 3.90. The van der Waals surface area contributed by atoms with Crippen molar-refractivity contribution in [3.8, 4) is 0 Å². The van der Waals surface area contributed by atoms with Gasteiger partial charge in [-0.15, -0.1) is 0 Å². The number of carbonyl (C=O) groups is 3. The highest BCUT2D eigenvalue weighted by Crippen LogP contribution is 2.49. The molecule has 0 aromatic heterocycles. The number of hydrogen-bond donors (Lipinski definition) is 1. The van der Waals surface area contributed by atoms with Gasteiger partial charge in [-0.2, -0.15) is 0 Å². The van der Waals surface area contributed by atoms with Crippen LogP contribution in [0.25, 0.3) is 0 Å². The predicted octanol–water partition coefficient (Wildman–Crippen LogP) is 1.28.